The molecule has 1 aliphatic carbocycles. The van der Waals surface area contributed by atoms with Crippen LogP contribution in [0.5, 0.6) is 0 Å². The Bertz CT molecular complexity index is 521. The van der Waals surface area contributed by atoms with Gasteiger partial charge < -0.3 is 9.73 Å². The molecule has 3 rings (SSSR count). The number of thioether (sulfide) groups is 1. The zero-order valence-electron chi connectivity index (χ0n) is 12.0. The van der Waals surface area contributed by atoms with Gasteiger partial charge in [-0.2, -0.15) is 0 Å². The van der Waals surface area contributed by atoms with Crippen LogP contribution in [0.3, 0.4) is 0 Å². The minimum Gasteiger partial charge on any atom is -0.431 e. The summed E-state index contributed by atoms with van der Waals surface area (Å²) in [6, 6.07) is 8.69. The molecule has 1 fully saturated rings. The Balaban J connectivity index is 1.52. The third kappa shape index (κ3) is 3.18. The van der Waals surface area contributed by atoms with Gasteiger partial charge in [0.2, 0.25) is 0 Å². The molecule has 3 nitrogen and oxygen atoms in total. The molecule has 0 spiro atoms. The molecule has 4 heteroatoms. The van der Waals surface area contributed by atoms with Gasteiger partial charge >= 0.3 is 0 Å². The van der Waals surface area contributed by atoms with Gasteiger partial charge in [0.15, 0.2) is 5.58 Å². The molecule has 0 aliphatic heterocycles. The van der Waals surface area contributed by atoms with E-state index in [4.69, 9.17) is 4.42 Å². The van der Waals surface area contributed by atoms with Crippen LogP contribution in [-0.4, -0.2) is 23.3 Å². The fourth-order valence-corrected chi connectivity index (χ4v) is 4.03. The zero-order chi connectivity index (χ0) is 13.8. The summed E-state index contributed by atoms with van der Waals surface area (Å²) in [5, 5.41) is 4.43. The SMILES string of the molecule is CCNC1CCCC1CCSc1nc2ccccc2o1. The van der Waals surface area contributed by atoms with Crippen LogP contribution < -0.4 is 5.32 Å². The van der Waals surface area contributed by atoms with Crippen LogP contribution in [0.2, 0.25) is 0 Å². The van der Waals surface area contributed by atoms with Crippen molar-refractivity contribution in [2.24, 2.45) is 5.92 Å². The number of fused-ring (bicyclic) bond motifs is 1. The Kier molecular flexibility index (Phi) is 4.63. The number of nitrogens with one attached hydrogen (secondary N) is 1. The molecule has 1 N–H and O–H groups in total. The lowest BCUT2D eigenvalue weighted by atomic mass is 10.0. The van der Waals surface area contributed by atoms with E-state index in [1.165, 1.54) is 25.7 Å². The predicted molar refractivity (Wildman–Crippen MR) is 84.2 cm³/mol. The van der Waals surface area contributed by atoms with E-state index in [0.717, 1.165) is 40.6 Å². The highest BCUT2D eigenvalue weighted by Gasteiger charge is 2.25. The first-order chi connectivity index (χ1) is 9.86. The lowest BCUT2D eigenvalue weighted by Gasteiger charge is -2.19. The molecular formula is C16H22N2OS. The van der Waals surface area contributed by atoms with E-state index >= 15 is 0 Å². The molecule has 108 valence electrons. The third-order valence-corrected chi connectivity index (χ3v) is 4.98. The molecule has 0 amide bonds. The molecular weight excluding hydrogens is 268 g/mol. The fourth-order valence-electron chi connectivity index (χ4n) is 3.12. The number of nitrogens with zero attached hydrogens (tertiary/aromatic N) is 1. The average Bonchev–Trinajstić information content (AvgIpc) is 3.06. The van der Waals surface area contributed by atoms with Crippen molar-refractivity contribution >= 4 is 22.9 Å². The van der Waals surface area contributed by atoms with Crippen LogP contribution in [0, 0.1) is 5.92 Å². The van der Waals surface area contributed by atoms with Gasteiger partial charge in [-0.05, 0) is 43.9 Å². The summed E-state index contributed by atoms with van der Waals surface area (Å²) in [6.45, 7) is 3.28. The van der Waals surface area contributed by atoms with Gasteiger partial charge in [0, 0.05) is 11.8 Å². The summed E-state index contributed by atoms with van der Waals surface area (Å²) in [6.07, 6.45) is 5.33. The van der Waals surface area contributed by atoms with Crippen molar-refractivity contribution in [3.05, 3.63) is 24.3 Å². The topological polar surface area (TPSA) is 38.1 Å². The molecule has 1 aliphatic rings. The first-order valence-electron chi connectivity index (χ1n) is 7.58. The molecule has 2 unspecified atom stereocenters. The minimum absolute atomic E-state index is 0.726. The van der Waals surface area contributed by atoms with Crippen molar-refractivity contribution in [1.29, 1.82) is 0 Å². The summed E-state index contributed by atoms with van der Waals surface area (Å²) in [7, 11) is 0. The highest BCUT2D eigenvalue weighted by atomic mass is 32.2. The average molecular weight is 290 g/mol. The van der Waals surface area contributed by atoms with Crippen molar-refractivity contribution in [3.63, 3.8) is 0 Å². The summed E-state index contributed by atoms with van der Waals surface area (Å²) in [5.74, 6) is 1.92. The molecule has 1 heterocycles. The maximum Gasteiger partial charge on any atom is 0.256 e. The van der Waals surface area contributed by atoms with E-state index in [2.05, 4.69) is 17.2 Å². The van der Waals surface area contributed by atoms with Crippen LogP contribution in [-0.2, 0) is 0 Å². The maximum absolute atomic E-state index is 5.74. The van der Waals surface area contributed by atoms with Crippen molar-refractivity contribution in [2.45, 2.75) is 43.9 Å². The number of hydrogen-bond donors (Lipinski definition) is 1. The lowest BCUT2D eigenvalue weighted by Crippen LogP contribution is -2.32. The second-order valence-electron chi connectivity index (χ2n) is 5.44. The molecule has 1 aromatic heterocycles. The lowest BCUT2D eigenvalue weighted by molar-refractivity contribution is 0.400. The highest BCUT2D eigenvalue weighted by molar-refractivity contribution is 7.99. The normalized spacial score (nSPS) is 22.6. The number of benzene rings is 1. The van der Waals surface area contributed by atoms with Gasteiger partial charge in [-0.15, -0.1) is 0 Å². The Labute approximate surface area is 124 Å². The van der Waals surface area contributed by atoms with Gasteiger partial charge in [-0.25, -0.2) is 4.98 Å². The number of hydrogen-bond acceptors (Lipinski definition) is 4. The van der Waals surface area contributed by atoms with Crippen molar-refractivity contribution in [1.82, 2.24) is 10.3 Å². The summed E-state index contributed by atoms with van der Waals surface area (Å²) in [5.41, 5.74) is 1.85. The smallest absolute Gasteiger partial charge is 0.256 e. The monoisotopic (exact) mass is 290 g/mol. The van der Waals surface area contributed by atoms with Gasteiger partial charge in [0.25, 0.3) is 5.22 Å². The van der Waals surface area contributed by atoms with Gasteiger partial charge in [-0.1, -0.05) is 37.2 Å². The Hall–Kier alpha value is -1.00. The second-order valence-corrected chi connectivity index (χ2v) is 6.49. The van der Waals surface area contributed by atoms with Crippen LogP contribution in [0.1, 0.15) is 32.6 Å². The number of rotatable bonds is 6. The molecule has 1 saturated carbocycles. The first-order valence-corrected chi connectivity index (χ1v) is 8.57. The Morgan fingerprint density at radius 2 is 2.25 bits per heavy atom. The summed E-state index contributed by atoms with van der Waals surface area (Å²) < 4.78 is 5.74. The highest BCUT2D eigenvalue weighted by Crippen LogP contribution is 2.31. The molecule has 1 aromatic carbocycles. The van der Waals surface area contributed by atoms with Crippen molar-refractivity contribution in [3.8, 4) is 0 Å². The van der Waals surface area contributed by atoms with Crippen molar-refractivity contribution in [2.75, 3.05) is 12.3 Å². The van der Waals surface area contributed by atoms with Gasteiger partial charge in [-0.3, -0.25) is 0 Å². The standard InChI is InChI=1S/C16H22N2OS/c1-2-17-13-8-5-6-12(13)10-11-20-16-18-14-7-3-4-9-15(14)19-16/h3-4,7,9,12-13,17H,2,5-6,8,10-11H2,1H3. The second kappa shape index (κ2) is 6.64. The number of oxazole rings is 1. The minimum atomic E-state index is 0.726. The Morgan fingerprint density at radius 1 is 1.35 bits per heavy atom. The van der Waals surface area contributed by atoms with E-state index in [9.17, 15) is 0 Å². The van der Waals surface area contributed by atoms with Crippen LogP contribution in [0.4, 0.5) is 0 Å². The molecule has 20 heavy (non-hydrogen) atoms. The number of para-hydroxylation sites is 2. The largest absolute Gasteiger partial charge is 0.431 e. The van der Waals surface area contributed by atoms with E-state index < -0.39 is 0 Å². The zero-order valence-corrected chi connectivity index (χ0v) is 12.8. The van der Waals surface area contributed by atoms with E-state index in [1.54, 1.807) is 11.8 Å². The van der Waals surface area contributed by atoms with E-state index in [0.29, 0.717) is 0 Å². The predicted octanol–water partition coefficient (Wildman–Crippen LogP) is 4.09. The molecule has 0 radical (unpaired) electrons. The van der Waals surface area contributed by atoms with Crippen LogP contribution in [0.25, 0.3) is 11.1 Å². The maximum atomic E-state index is 5.74. The van der Waals surface area contributed by atoms with Crippen LogP contribution in [0.15, 0.2) is 33.9 Å². The first kappa shape index (κ1) is 14.0. The quantitative estimate of drug-likeness (QED) is 0.813. The van der Waals surface area contributed by atoms with Crippen molar-refractivity contribution < 1.29 is 4.42 Å². The van der Waals surface area contributed by atoms with Gasteiger partial charge in [0.1, 0.15) is 5.52 Å². The van der Waals surface area contributed by atoms with E-state index in [1.807, 2.05) is 24.3 Å². The summed E-state index contributed by atoms with van der Waals surface area (Å²) in [4.78, 5) is 4.51. The van der Waals surface area contributed by atoms with Gasteiger partial charge in [0.05, 0.1) is 0 Å². The summed E-state index contributed by atoms with van der Waals surface area (Å²) >= 11 is 1.75. The van der Waals surface area contributed by atoms with E-state index in [-0.39, 0.29) is 0 Å². The van der Waals surface area contributed by atoms with Crippen LogP contribution >= 0.6 is 11.8 Å². The Morgan fingerprint density at radius 3 is 3.10 bits per heavy atom. The third-order valence-electron chi connectivity index (χ3n) is 4.11. The number of aromatic nitrogens is 1. The molecule has 0 saturated heterocycles. The molecule has 2 atom stereocenters. The fraction of sp³-hybridized carbons (Fsp3) is 0.562. The molecule has 2 aromatic rings. The molecule has 0 bridgehead atoms.